The van der Waals surface area contributed by atoms with E-state index in [1.165, 1.54) is 32.1 Å². The first-order valence-corrected chi connectivity index (χ1v) is 6.75. The largest absolute Gasteiger partial charge is 0.393 e. The molecule has 0 aromatic heterocycles. The van der Waals surface area contributed by atoms with Gasteiger partial charge in [-0.05, 0) is 18.8 Å². The van der Waals surface area contributed by atoms with Crippen molar-refractivity contribution in [2.24, 2.45) is 11.7 Å². The van der Waals surface area contributed by atoms with E-state index in [1.807, 2.05) is 6.92 Å². The average molecular weight is 266 g/mol. The maximum absolute atomic E-state index is 9.86. The summed E-state index contributed by atoms with van der Waals surface area (Å²) in [6, 6.07) is -0.163. The van der Waals surface area contributed by atoms with Crippen LogP contribution >= 0.6 is 12.4 Å². The summed E-state index contributed by atoms with van der Waals surface area (Å²) < 4.78 is 0. The number of hydrogen-bond acceptors (Lipinski definition) is 3. The Kier molecular flexibility index (Phi) is 9.24. The molecule has 1 fully saturated rings. The fraction of sp³-hybridized carbons (Fsp3) is 1.00. The zero-order valence-electron chi connectivity index (χ0n) is 10.8. The molecule has 0 aliphatic heterocycles. The summed E-state index contributed by atoms with van der Waals surface area (Å²) in [4.78, 5) is 0. The van der Waals surface area contributed by atoms with Crippen LogP contribution in [0, 0.1) is 5.92 Å². The molecule has 17 heavy (non-hydrogen) atoms. The minimum Gasteiger partial charge on any atom is -0.393 e. The standard InChI is InChI=1S/C13H27NO2.ClH/c1-2-11(15)9-13(16)12(14)8-10-6-4-3-5-7-10;/h10-13,15-16H,2-9,14H2,1H3;1H. The van der Waals surface area contributed by atoms with Gasteiger partial charge in [0.1, 0.15) is 0 Å². The number of aliphatic hydroxyl groups is 2. The molecule has 4 heteroatoms. The third-order valence-corrected chi connectivity index (χ3v) is 3.81. The van der Waals surface area contributed by atoms with Gasteiger partial charge >= 0.3 is 0 Å². The molecular formula is C13H28ClNO2. The number of aliphatic hydroxyl groups excluding tert-OH is 2. The second-order valence-electron chi connectivity index (χ2n) is 5.27. The summed E-state index contributed by atoms with van der Waals surface area (Å²) in [6.45, 7) is 1.92. The van der Waals surface area contributed by atoms with Gasteiger partial charge in [0.2, 0.25) is 0 Å². The summed E-state index contributed by atoms with van der Waals surface area (Å²) in [7, 11) is 0. The van der Waals surface area contributed by atoms with Crippen molar-refractivity contribution in [3.63, 3.8) is 0 Å². The van der Waals surface area contributed by atoms with Crippen molar-refractivity contribution in [2.75, 3.05) is 0 Å². The summed E-state index contributed by atoms with van der Waals surface area (Å²) in [5.74, 6) is 0.692. The van der Waals surface area contributed by atoms with Crippen molar-refractivity contribution in [2.45, 2.75) is 76.5 Å². The molecule has 0 aromatic rings. The Morgan fingerprint density at radius 3 is 2.29 bits per heavy atom. The van der Waals surface area contributed by atoms with E-state index in [1.54, 1.807) is 0 Å². The van der Waals surface area contributed by atoms with Crippen LogP contribution in [-0.2, 0) is 0 Å². The van der Waals surface area contributed by atoms with Crippen LogP contribution in [-0.4, -0.2) is 28.5 Å². The molecule has 3 nitrogen and oxygen atoms in total. The zero-order chi connectivity index (χ0) is 12.0. The van der Waals surface area contributed by atoms with E-state index in [0.717, 1.165) is 6.42 Å². The van der Waals surface area contributed by atoms with Gasteiger partial charge in [-0.2, -0.15) is 0 Å². The molecule has 1 aliphatic rings. The summed E-state index contributed by atoms with van der Waals surface area (Å²) in [6.07, 6.45) is 7.56. The van der Waals surface area contributed by atoms with Crippen LogP contribution < -0.4 is 5.73 Å². The lowest BCUT2D eigenvalue weighted by Crippen LogP contribution is -2.38. The predicted molar refractivity (Wildman–Crippen MR) is 73.3 cm³/mol. The SMILES string of the molecule is CCC(O)CC(O)C(N)CC1CCCCC1.Cl. The topological polar surface area (TPSA) is 66.5 Å². The van der Waals surface area contributed by atoms with Crippen molar-refractivity contribution < 1.29 is 10.2 Å². The molecule has 0 bridgehead atoms. The van der Waals surface area contributed by atoms with Crippen LogP contribution in [0.4, 0.5) is 0 Å². The zero-order valence-corrected chi connectivity index (χ0v) is 11.7. The molecule has 4 N–H and O–H groups in total. The van der Waals surface area contributed by atoms with Gasteiger partial charge in [-0.25, -0.2) is 0 Å². The maximum atomic E-state index is 9.86. The second kappa shape index (κ2) is 9.15. The minimum atomic E-state index is -0.545. The molecule has 0 saturated heterocycles. The Labute approximate surface area is 111 Å². The molecular weight excluding hydrogens is 238 g/mol. The minimum absolute atomic E-state index is 0. The van der Waals surface area contributed by atoms with Gasteiger partial charge in [0.15, 0.2) is 0 Å². The van der Waals surface area contributed by atoms with Crippen LogP contribution in [0.3, 0.4) is 0 Å². The third kappa shape index (κ3) is 6.61. The first-order valence-electron chi connectivity index (χ1n) is 6.75. The normalized spacial score (nSPS) is 22.6. The van der Waals surface area contributed by atoms with E-state index in [4.69, 9.17) is 5.73 Å². The summed E-state index contributed by atoms with van der Waals surface area (Å²) in [5.41, 5.74) is 5.99. The fourth-order valence-corrected chi connectivity index (χ4v) is 2.59. The third-order valence-electron chi connectivity index (χ3n) is 3.81. The van der Waals surface area contributed by atoms with Crippen molar-refractivity contribution in [1.82, 2.24) is 0 Å². The molecule has 3 atom stereocenters. The summed E-state index contributed by atoms with van der Waals surface area (Å²) in [5, 5.41) is 19.3. The predicted octanol–water partition coefficient (Wildman–Crippen LogP) is 2.23. The maximum Gasteiger partial charge on any atom is 0.0715 e. The van der Waals surface area contributed by atoms with Gasteiger partial charge < -0.3 is 15.9 Å². The van der Waals surface area contributed by atoms with Crippen molar-refractivity contribution in [1.29, 1.82) is 0 Å². The second-order valence-corrected chi connectivity index (χ2v) is 5.27. The molecule has 0 heterocycles. The van der Waals surface area contributed by atoms with E-state index in [2.05, 4.69) is 0 Å². The van der Waals surface area contributed by atoms with Crippen LogP contribution in [0.1, 0.15) is 58.3 Å². The highest BCUT2D eigenvalue weighted by atomic mass is 35.5. The highest BCUT2D eigenvalue weighted by molar-refractivity contribution is 5.85. The molecule has 3 unspecified atom stereocenters. The molecule has 1 rings (SSSR count). The van der Waals surface area contributed by atoms with Crippen molar-refractivity contribution >= 4 is 12.4 Å². The van der Waals surface area contributed by atoms with E-state index >= 15 is 0 Å². The lowest BCUT2D eigenvalue weighted by molar-refractivity contribution is 0.0563. The van der Waals surface area contributed by atoms with E-state index in [9.17, 15) is 10.2 Å². The molecule has 1 saturated carbocycles. The van der Waals surface area contributed by atoms with Gasteiger partial charge in [0, 0.05) is 12.5 Å². The number of hydrogen-bond donors (Lipinski definition) is 3. The number of nitrogens with two attached hydrogens (primary N) is 1. The van der Waals surface area contributed by atoms with Crippen molar-refractivity contribution in [3.8, 4) is 0 Å². The smallest absolute Gasteiger partial charge is 0.0715 e. The van der Waals surface area contributed by atoms with E-state index in [-0.39, 0.29) is 18.4 Å². The number of halogens is 1. The van der Waals surface area contributed by atoms with Gasteiger partial charge in [-0.3, -0.25) is 0 Å². The van der Waals surface area contributed by atoms with Gasteiger partial charge in [-0.1, -0.05) is 39.0 Å². The molecule has 0 aromatic carbocycles. The Hall–Kier alpha value is 0.170. The first-order chi connectivity index (χ1) is 7.63. The lowest BCUT2D eigenvalue weighted by atomic mass is 9.83. The Morgan fingerprint density at radius 2 is 1.76 bits per heavy atom. The quantitative estimate of drug-likeness (QED) is 0.690. The first kappa shape index (κ1) is 17.2. The van der Waals surface area contributed by atoms with Crippen LogP contribution in [0.2, 0.25) is 0 Å². The van der Waals surface area contributed by atoms with Gasteiger partial charge in [0.25, 0.3) is 0 Å². The van der Waals surface area contributed by atoms with Crippen LogP contribution in [0.15, 0.2) is 0 Å². The molecule has 0 radical (unpaired) electrons. The Morgan fingerprint density at radius 1 is 1.18 bits per heavy atom. The molecule has 1 aliphatic carbocycles. The van der Waals surface area contributed by atoms with Crippen molar-refractivity contribution in [3.05, 3.63) is 0 Å². The van der Waals surface area contributed by atoms with E-state index < -0.39 is 12.2 Å². The Balaban J connectivity index is 0.00000256. The van der Waals surface area contributed by atoms with Gasteiger partial charge in [0.05, 0.1) is 12.2 Å². The average Bonchev–Trinajstić information content (AvgIpc) is 2.30. The lowest BCUT2D eigenvalue weighted by Gasteiger charge is -2.27. The Bertz CT molecular complexity index is 186. The summed E-state index contributed by atoms with van der Waals surface area (Å²) >= 11 is 0. The highest BCUT2D eigenvalue weighted by Crippen LogP contribution is 2.27. The van der Waals surface area contributed by atoms with Crippen LogP contribution in [0.25, 0.3) is 0 Å². The van der Waals surface area contributed by atoms with Crippen LogP contribution in [0.5, 0.6) is 0 Å². The molecule has 0 amide bonds. The van der Waals surface area contributed by atoms with Gasteiger partial charge in [-0.15, -0.1) is 12.4 Å². The highest BCUT2D eigenvalue weighted by Gasteiger charge is 2.22. The van der Waals surface area contributed by atoms with E-state index in [0.29, 0.717) is 18.8 Å². The number of rotatable bonds is 6. The molecule has 104 valence electrons. The fourth-order valence-electron chi connectivity index (χ4n) is 2.59. The molecule has 0 spiro atoms. The monoisotopic (exact) mass is 265 g/mol.